The summed E-state index contributed by atoms with van der Waals surface area (Å²) in [6, 6.07) is 1.63. The Morgan fingerprint density at radius 3 is 2.95 bits per heavy atom. The summed E-state index contributed by atoms with van der Waals surface area (Å²) in [6.07, 6.45) is 0.228. The zero-order valence-electron chi connectivity index (χ0n) is 11.9. The largest absolute Gasteiger partial charge is 0.388 e. The summed E-state index contributed by atoms with van der Waals surface area (Å²) in [5.41, 5.74) is 0.0819. The molecular formula is C13H20N2O4S. The monoisotopic (exact) mass is 300 g/mol. The van der Waals surface area contributed by atoms with Crippen LogP contribution in [0.5, 0.6) is 0 Å². The van der Waals surface area contributed by atoms with Crippen LogP contribution in [0, 0.1) is 10.1 Å². The number of anilines is 1. The van der Waals surface area contributed by atoms with Crippen LogP contribution in [0.4, 0.5) is 10.7 Å². The van der Waals surface area contributed by atoms with Crippen LogP contribution >= 0.6 is 11.3 Å². The van der Waals surface area contributed by atoms with Crippen LogP contribution in [0.2, 0.25) is 0 Å². The van der Waals surface area contributed by atoms with Gasteiger partial charge in [0.05, 0.1) is 29.8 Å². The molecule has 1 aliphatic rings. The van der Waals surface area contributed by atoms with Crippen LogP contribution in [0.25, 0.3) is 0 Å². The van der Waals surface area contributed by atoms with Crippen molar-refractivity contribution in [2.45, 2.75) is 45.4 Å². The van der Waals surface area contributed by atoms with Crippen molar-refractivity contribution in [3.63, 3.8) is 0 Å². The van der Waals surface area contributed by atoms with Gasteiger partial charge in [-0.25, -0.2) is 0 Å². The molecule has 1 aliphatic heterocycles. The SMILES string of the molecule is CCC1COC(C)CN1c1sc([C@@H](C)O)cc1[N+](=O)[O-]. The minimum absolute atomic E-state index is 0.0505. The van der Waals surface area contributed by atoms with Gasteiger partial charge in [-0.2, -0.15) is 0 Å². The summed E-state index contributed by atoms with van der Waals surface area (Å²) >= 11 is 1.30. The Labute approximate surface area is 122 Å². The van der Waals surface area contributed by atoms with Gasteiger partial charge in [-0.1, -0.05) is 6.92 Å². The Bertz CT molecular complexity index is 489. The number of ether oxygens (including phenoxy) is 1. The first-order valence-corrected chi connectivity index (χ1v) is 7.60. The van der Waals surface area contributed by atoms with Gasteiger partial charge < -0.3 is 14.7 Å². The fourth-order valence-corrected chi connectivity index (χ4v) is 3.51. The zero-order chi connectivity index (χ0) is 14.9. The van der Waals surface area contributed by atoms with E-state index in [2.05, 4.69) is 4.90 Å². The highest BCUT2D eigenvalue weighted by Gasteiger charge is 2.33. The second-order valence-electron chi connectivity index (χ2n) is 5.13. The van der Waals surface area contributed by atoms with E-state index in [1.165, 1.54) is 17.4 Å². The van der Waals surface area contributed by atoms with Gasteiger partial charge in [0.15, 0.2) is 5.00 Å². The topological polar surface area (TPSA) is 75.8 Å². The van der Waals surface area contributed by atoms with Crippen molar-refractivity contribution in [3.05, 3.63) is 21.1 Å². The highest BCUT2D eigenvalue weighted by atomic mass is 32.1. The Kier molecular flexibility index (Phi) is 4.62. The van der Waals surface area contributed by atoms with Gasteiger partial charge in [-0.15, -0.1) is 11.3 Å². The van der Waals surface area contributed by atoms with Crippen molar-refractivity contribution in [3.8, 4) is 0 Å². The van der Waals surface area contributed by atoms with E-state index in [0.29, 0.717) is 23.0 Å². The molecule has 1 fully saturated rings. The van der Waals surface area contributed by atoms with Crippen LogP contribution in [0.1, 0.15) is 38.2 Å². The Balaban J connectivity index is 2.40. The van der Waals surface area contributed by atoms with Crippen LogP contribution in [-0.2, 0) is 4.74 Å². The Morgan fingerprint density at radius 2 is 2.40 bits per heavy atom. The molecule has 1 saturated heterocycles. The lowest BCUT2D eigenvalue weighted by atomic mass is 10.1. The second-order valence-corrected chi connectivity index (χ2v) is 6.19. The summed E-state index contributed by atoms with van der Waals surface area (Å²) in [5, 5.41) is 21.5. The maximum absolute atomic E-state index is 11.2. The van der Waals surface area contributed by atoms with E-state index in [0.717, 1.165) is 6.42 Å². The maximum atomic E-state index is 11.2. The van der Waals surface area contributed by atoms with Gasteiger partial charge in [0, 0.05) is 17.5 Å². The molecule has 1 N–H and O–H groups in total. The van der Waals surface area contributed by atoms with Gasteiger partial charge in [0.25, 0.3) is 0 Å². The smallest absolute Gasteiger partial charge is 0.304 e. The second kappa shape index (κ2) is 6.07. The highest BCUT2D eigenvalue weighted by molar-refractivity contribution is 7.16. The summed E-state index contributed by atoms with van der Waals surface area (Å²) < 4.78 is 5.63. The molecule has 0 bridgehead atoms. The number of rotatable bonds is 4. The number of hydrogen-bond donors (Lipinski definition) is 1. The lowest BCUT2D eigenvalue weighted by Gasteiger charge is -2.38. The number of nitro groups is 1. The van der Waals surface area contributed by atoms with Gasteiger partial charge >= 0.3 is 5.69 Å². The molecular weight excluding hydrogens is 280 g/mol. The minimum Gasteiger partial charge on any atom is -0.388 e. The molecule has 112 valence electrons. The van der Waals surface area contributed by atoms with Gasteiger partial charge in [0.2, 0.25) is 0 Å². The van der Waals surface area contributed by atoms with Crippen LogP contribution in [0.3, 0.4) is 0 Å². The molecule has 3 atom stereocenters. The van der Waals surface area contributed by atoms with Gasteiger partial charge in [0.1, 0.15) is 0 Å². The van der Waals surface area contributed by atoms with E-state index in [1.807, 2.05) is 13.8 Å². The number of nitrogens with zero attached hydrogens (tertiary/aromatic N) is 2. The average Bonchev–Trinajstić information content (AvgIpc) is 2.83. The third-order valence-electron chi connectivity index (χ3n) is 3.52. The molecule has 0 amide bonds. The third-order valence-corrected chi connectivity index (χ3v) is 4.85. The van der Waals surface area contributed by atoms with Gasteiger partial charge in [-0.05, 0) is 20.3 Å². The first-order valence-electron chi connectivity index (χ1n) is 6.78. The molecule has 2 rings (SSSR count). The molecule has 2 unspecified atom stereocenters. The van der Waals surface area contributed by atoms with E-state index in [9.17, 15) is 15.2 Å². The van der Waals surface area contributed by atoms with E-state index >= 15 is 0 Å². The van der Waals surface area contributed by atoms with E-state index in [1.54, 1.807) is 6.92 Å². The maximum Gasteiger partial charge on any atom is 0.304 e. The van der Waals surface area contributed by atoms with Crippen LogP contribution < -0.4 is 4.90 Å². The molecule has 0 aromatic carbocycles. The quantitative estimate of drug-likeness (QED) is 0.683. The summed E-state index contributed by atoms with van der Waals surface area (Å²) in [5.74, 6) is 0. The van der Waals surface area contributed by atoms with Crippen molar-refractivity contribution < 1.29 is 14.8 Å². The fourth-order valence-electron chi connectivity index (χ4n) is 2.36. The predicted octanol–water partition coefficient (Wildman–Crippen LogP) is 2.71. The molecule has 0 radical (unpaired) electrons. The Morgan fingerprint density at radius 1 is 1.70 bits per heavy atom. The number of hydrogen-bond acceptors (Lipinski definition) is 6. The fraction of sp³-hybridized carbons (Fsp3) is 0.692. The number of aliphatic hydroxyl groups excluding tert-OH is 1. The molecule has 1 aromatic heterocycles. The van der Waals surface area contributed by atoms with E-state index in [4.69, 9.17) is 4.74 Å². The number of morpholine rings is 1. The molecule has 6 nitrogen and oxygen atoms in total. The Hall–Kier alpha value is -1.18. The molecule has 0 saturated carbocycles. The lowest BCUT2D eigenvalue weighted by molar-refractivity contribution is -0.383. The zero-order valence-corrected chi connectivity index (χ0v) is 12.7. The standard InChI is InChI=1S/C13H20N2O4S/c1-4-10-7-19-8(2)6-14(10)13-11(15(17)18)5-12(20-13)9(3)16/h5,8-10,16H,4,6-7H2,1-3H3/t8?,9-,10?/m1/s1. The van der Waals surface area contributed by atoms with Crippen molar-refractivity contribution in [1.82, 2.24) is 0 Å². The molecule has 20 heavy (non-hydrogen) atoms. The molecule has 1 aromatic rings. The normalized spacial score (nSPS) is 24.7. The minimum atomic E-state index is -0.689. The third kappa shape index (κ3) is 2.94. The van der Waals surface area contributed by atoms with Crippen molar-refractivity contribution in [1.29, 1.82) is 0 Å². The highest BCUT2D eigenvalue weighted by Crippen LogP contribution is 2.42. The van der Waals surface area contributed by atoms with Crippen LogP contribution in [0.15, 0.2) is 6.07 Å². The first kappa shape index (κ1) is 15.2. The van der Waals surface area contributed by atoms with E-state index < -0.39 is 6.10 Å². The molecule has 0 aliphatic carbocycles. The van der Waals surface area contributed by atoms with E-state index in [-0.39, 0.29) is 22.8 Å². The molecule has 2 heterocycles. The van der Waals surface area contributed by atoms with Crippen molar-refractivity contribution >= 4 is 22.0 Å². The number of aliphatic hydroxyl groups is 1. The predicted molar refractivity (Wildman–Crippen MR) is 78.4 cm³/mol. The van der Waals surface area contributed by atoms with Crippen molar-refractivity contribution in [2.24, 2.45) is 0 Å². The number of thiophene rings is 1. The van der Waals surface area contributed by atoms with Crippen molar-refractivity contribution in [2.75, 3.05) is 18.1 Å². The average molecular weight is 300 g/mol. The molecule has 0 spiro atoms. The van der Waals surface area contributed by atoms with Gasteiger partial charge in [-0.3, -0.25) is 10.1 Å². The molecule has 7 heteroatoms. The summed E-state index contributed by atoms with van der Waals surface area (Å²) in [4.78, 5) is 13.6. The van der Waals surface area contributed by atoms with Crippen LogP contribution in [-0.4, -0.2) is 35.3 Å². The summed E-state index contributed by atoms with van der Waals surface area (Å²) in [7, 11) is 0. The first-order chi connectivity index (χ1) is 9.43. The summed E-state index contributed by atoms with van der Waals surface area (Å²) in [6.45, 7) is 6.86. The lowest BCUT2D eigenvalue weighted by Crippen LogP contribution is -2.48.